The molecule has 2 unspecified atom stereocenters. The van der Waals surface area contributed by atoms with Crippen molar-refractivity contribution in [3.8, 4) is 0 Å². The van der Waals surface area contributed by atoms with Crippen molar-refractivity contribution in [2.75, 3.05) is 33.2 Å². The molecule has 2 saturated heterocycles. The van der Waals surface area contributed by atoms with Crippen molar-refractivity contribution in [2.45, 2.75) is 25.8 Å². The maximum absolute atomic E-state index is 11.9. The van der Waals surface area contributed by atoms with Gasteiger partial charge in [0.25, 0.3) is 0 Å². The number of carbonyl (C=O) groups is 1. The number of urea groups is 1. The van der Waals surface area contributed by atoms with Crippen LogP contribution in [0.25, 0.3) is 0 Å². The minimum absolute atomic E-state index is 0.189. The van der Waals surface area contributed by atoms with E-state index in [4.69, 9.17) is 0 Å². The highest BCUT2D eigenvalue weighted by molar-refractivity contribution is 5.74. The van der Waals surface area contributed by atoms with E-state index < -0.39 is 0 Å². The Morgan fingerprint density at radius 3 is 3.00 bits per heavy atom. The van der Waals surface area contributed by atoms with Gasteiger partial charge < -0.3 is 15.1 Å². The van der Waals surface area contributed by atoms with E-state index in [1.165, 1.54) is 12.8 Å². The van der Waals surface area contributed by atoms with Gasteiger partial charge in [0.05, 0.1) is 0 Å². The molecule has 2 rings (SSSR count). The van der Waals surface area contributed by atoms with Crippen LogP contribution in [0.1, 0.15) is 19.8 Å². The molecule has 86 valence electrons. The van der Waals surface area contributed by atoms with Crippen LogP contribution >= 0.6 is 0 Å². The van der Waals surface area contributed by atoms with Crippen LogP contribution in [0.3, 0.4) is 0 Å². The van der Waals surface area contributed by atoms with Gasteiger partial charge in [-0.3, -0.25) is 0 Å². The third kappa shape index (κ3) is 2.09. The number of fused-ring (bicyclic) bond motifs is 1. The van der Waals surface area contributed by atoms with E-state index in [1.54, 1.807) is 4.90 Å². The predicted octanol–water partition coefficient (Wildman–Crippen LogP) is 0.742. The standard InChI is InChI=1S/C11H21N3O/c1-3-13(2)11(15)14-7-9-5-4-6-12-10(9)8-14/h9-10,12H,3-8H2,1-2H3. The Bertz CT molecular complexity index is 230. The Balaban J connectivity index is 1.93. The lowest BCUT2D eigenvalue weighted by Crippen LogP contribution is -2.42. The highest BCUT2D eigenvalue weighted by Crippen LogP contribution is 2.25. The molecule has 0 bridgehead atoms. The molecule has 2 aliphatic heterocycles. The van der Waals surface area contributed by atoms with E-state index in [-0.39, 0.29) is 6.03 Å². The first kappa shape index (κ1) is 10.7. The topological polar surface area (TPSA) is 35.6 Å². The molecule has 0 radical (unpaired) electrons. The Morgan fingerprint density at radius 2 is 2.33 bits per heavy atom. The molecule has 0 saturated carbocycles. The third-order valence-electron chi connectivity index (χ3n) is 3.67. The second kappa shape index (κ2) is 4.39. The van der Waals surface area contributed by atoms with Gasteiger partial charge in [0.2, 0.25) is 0 Å². The molecule has 0 aromatic heterocycles. The first-order valence-corrected chi connectivity index (χ1v) is 5.95. The average molecular weight is 211 g/mol. The molecule has 4 heteroatoms. The van der Waals surface area contributed by atoms with Gasteiger partial charge in [-0.05, 0) is 32.2 Å². The maximum Gasteiger partial charge on any atom is 0.319 e. The number of rotatable bonds is 1. The molecule has 4 nitrogen and oxygen atoms in total. The summed E-state index contributed by atoms with van der Waals surface area (Å²) in [5.41, 5.74) is 0. The molecule has 15 heavy (non-hydrogen) atoms. The maximum atomic E-state index is 11.9. The van der Waals surface area contributed by atoms with Gasteiger partial charge in [0.1, 0.15) is 0 Å². The second-order valence-electron chi connectivity index (χ2n) is 4.66. The Morgan fingerprint density at radius 1 is 1.53 bits per heavy atom. The number of nitrogens with one attached hydrogen (secondary N) is 1. The summed E-state index contributed by atoms with van der Waals surface area (Å²) in [5.74, 6) is 0.688. The van der Waals surface area contributed by atoms with Crippen molar-refractivity contribution in [1.82, 2.24) is 15.1 Å². The van der Waals surface area contributed by atoms with Gasteiger partial charge in [0.15, 0.2) is 0 Å². The SMILES string of the molecule is CCN(C)C(=O)N1CC2CCCNC2C1. The van der Waals surface area contributed by atoms with Gasteiger partial charge in [-0.15, -0.1) is 0 Å². The van der Waals surface area contributed by atoms with Crippen molar-refractivity contribution in [3.63, 3.8) is 0 Å². The van der Waals surface area contributed by atoms with Crippen LogP contribution in [0.15, 0.2) is 0 Å². The molecule has 1 N–H and O–H groups in total. The van der Waals surface area contributed by atoms with Gasteiger partial charge in [-0.2, -0.15) is 0 Å². The highest BCUT2D eigenvalue weighted by atomic mass is 16.2. The number of piperidine rings is 1. The summed E-state index contributed by atoms with van der Waals surface area (Å²) in [6.45, 7) is 5.76. The summed E-state index contributed by atoms with van der Waals surface area (Å²) < 4.78 is 0. The normalized spacial score (nSPS) is 30.1. The molecule has 2 heterocycles. The van der Waals surface area contributed by atoms with Crippen LogP contribution in [-0.2, 0) is 0 Å². The van der Waals surface area contributed by atoms with E-state index in [2.05, 4.69) is 5.32 Å². The fourth-order valence-electron chi connectivity index (χ4n) is 2.58. The van der Waals surface area contributed by atoms with Crippen molar-refractivity contribution >= 4 is 6.03 Å². The number of carbonyl (C=O) groups excluding carboxylic acids is 1. The van der Waals surface area contributed by atoms with Crippen molar-refractivity contribution in [1.29, 1.82) is 0 Å². The minimum atomic E-state index is 0.189. The van der Waals surface area contributed by atoms with Crippen molar-refractivity contribution in [2.24, 2.45) is 5.92 Å². The lowest BCUT2D eigenvalue weighted by molar-refractivity contribution is 0.173. The summed E-state index contributed by atoms with van der Waals surface area (Å²) in [5, 5.41) is 3.51. The fourth-order valence-corrected chi connectivity index (χ4v) is 2.58. The number of amides is 2. The molecule has 2 fully saturated rings. The number of likely N-dealkylation sites (tertiary alicyclic amines) is 1. The Hall–Kier alpha value is -0.770. The molecule has 2 aliphatic rings. The minimum Gasteiger partial charge on any atom is -0.328 e. The molecular weight excluding hydrogens is 190 g/mol. The molecule has 0 aromatic rings. The van der Waals surface area contributed by atoms with E-state index in [0.717, 1.165) is 26.2 Å². The summed E-state index contributed by atoms with van der Waals surface area (Å²) >= 11 is 0. The number of hydrogen-bond acceptors (Lipinski definition) is 2. The Labute approximate surface area is 91.6 Å². The van der Waals surface area contributed by atoms with Crippen LogP contribution < -0.4 is 5.32 Å². The summed E-state index contributed by atoms with van der Waals surface area (Å²) in [6.07, 6.45) is 2.53. The molecule has 0 aliphatic carbocycles. The zero-order valence-corrected chi connectivity index (χ0v) is 9.70. The predicted molar refractivity (Wildman–Crippen MR) is 59.8 cm³/mol. The second-order valence-corrected chi connectivity index (χ2v) is 4.66. The van der Waals surface area contributed by atoms with E-state index >= 15 is 0 Å². The highest BCUT2D eigenvalue weighted by Gasteiger charge is 2.36. The molecule has 2 amide bonds. The van der Waals surface area contributed by atoms with Gasteiger partial charge >= 0.3 is 6.03 Å². The third-order valence-corrected chi connectivity index (χ3v) is 3.67. The largest absolute Gasteiger partial charge is 0.328 e. The van der Waals surface area contributed by atoms with Gasteiger partial charge in [-0.1, -0.05) is 0 Å². The molecule has 0 spiro atoms. The molecule has 0 aromatic carbocycles. The van der Waals surface area contributed by atoms with Gasteiger partial charge in [0, 0.05) is 32.7 Å². The van der Waals surface area contributed by atoms with Crippen LogP contribution in [-0.4, -0.2) is 55.1 Å². The monoisotopic (exact) mass is 211 g/mol. The Kier molecular flexibility index (Phi) is 3.14. The van der Waals surface area contributed by atoms with Crippen molar-refractivity contribution < 1.29 is 4.79 Å². The first-order chi connectivity index (χ1) is 7.22. The zero-order valence-electron chi connectivity index (χ0n) is 9.70. The quantitative estimate of drug-likeness (QED) is 0.694. The first-order valence-electron chi connectivity index (χ1n) is 5.95. The molecule has 2 atom stereocenters. The molecular formula is C11H21N3O. The summed E-state index contributed by atoms with van der Waals surface area (Å²) in [4.78, 5) is 15.7. The van der Waals surface area contributed by atoms with E-state index in [0.29, 0.717) is 12.0 Å². The summed E-state index contributed by atoms with van der Waals surface area (Å²) in [6, 6.07) is 0.738. The van der Waals surface area contributed by atoms with E-state index in [1.807, 2.05) is 18.9 Å². The van der Waals surface area contributed by atoms with Crippen LogP contribution in [0.2, 0.25) is 0 Å². The fraction of sp³-hybridized carbons (Fsp3) is 0.909. The average Bonchev–Trinajstić information content (AvgIpc) is 2.70. The van der Waals surface area contributed by atoms with Crippen LogP contribution in [0.4, 0.5) is 4.79 Å². The zero-order chi connectivity index (χ0) is 10.8. The lowest BCUT2D eigenvalue weighted by Gasteiger charge is -2.24. The van der Waals surface area contributed by atoms with Crippen LogP contribution in [0.5, 0.6) is 0 Å². The summed E-state index contributed by atoms with van der Waals surface area (Å²) in [7, 11) is 1.87. The van der Waals surface area contributed by atoms with Gasteiger partial charge in [-0.25, -0.2) is 4.79 Å². The lowest BCUT2D eigenvalue weighted by atomic mass is 9.94. The van der Waals surface area contributed by atoms with Crippen LogP contribution in [0, 0.1) is 5.92 Å². The smallest absolute Gasteiger partial charge is 0.319 e. The van der Waals surface area contributed by atoms with E-state index in [9.17, 15) is 4.79 Å². The number of nitrogens with zero attached hydrogens (tertiary/aromatic N) is 2. The number of hydrogen-bond donors (Lipinski definition) is 1. The van der Waals surface area contributed by atoms with Crippen molar-refractivity contribution in [3.05, 3.63) is 0 Å².